The average Bonchev–Trinajstić information content (AvgIpc) is 2.83. The van der Waals surface area contributed by atoms with Gasteiger partial charge in [-0.15, -0.1) is 0 Å². The Morgan fingerprint density at radius 2 is 1.88 bits per heavy atom. The predicted molar refractivity (Wildman–Crippen MR) is 104 cm³/mol. The van der Waals surface area contributed by atoms with Crippen molar-refractivity contribution in [3.05, 3.63) is 10.5 Å². The molecule has 26 heavy (non-hydrogen) atoms. The van der Waals surface area contributed by atoms with E-state index in [1.165, 1.54) is 5.00 Å². The summed E-state index contributed by atoms with van der Waals surface area (Å²) in [5.41, 5.74) is 1.16. The molecule has 1 amide bonds. The van der Waals surface area contributed by atoms with Gasteiger partial charge in [0.05, 0.1) is 31.4 Å². The number of rotatable bonds is 5. The number of hydrogen-bond acceptors (Lipinski definition) is 5. The molecule has 1 aromatic heterocycles. The highest BCUT2D eigenvalue weighted by Crippen LogP contribution is 2.68. The highest BCUT2D eigenvalue weighted by atomic mass is 32.1. The largest absolute Gasteiger partial charge is 0.383 e. The van der Waals surface area contributed by atoms with E-state index >= 15 is 0 Å². The van der Waals surface area contributed by atoms with Crippen LogP contribution in [0.3, 0.4) is 0 Å². The van der Waals surface area contributed by atoms with Crippen molar-refractivity contribution in [3.63, 3.8) is 0 Å². The van der Waals surface area contributed by atoms with Crippen molar-refractivity contribution in [2.24, 2.45) is 21.7 Å². The minimum atomic E-state index is -0.0138. The molecule has 1 aromatic rings. The van der Waals surface area contributed by atoms with E-state index in [0.717, 1.165) is 36.8 Å². The third-order valence-electron chi connectivity index (χ3n) is 6.42. The summed E-state index contributed by atoms with van der Waals surface area (Å²) in [6.07, 6.45) is 0. The molecule has 2 heterocycles. The molecule has 0 radical (unpaired) electrons. The number of carbonyl (C=O) groups is 1. The van der Waals surface area contributed by atoms with E-state index in [-0.39, 0.29) is 22.7 Å². The van der Waals surface area contributed by atoms with Gasteiger partial charge < -0.3 is 18.9 Å². The SMILES string of the molecule is COCCn1c(C)c(N2CCOCC2)s/c1=N\C(=O)C1C(C)(C)C1(C)C. The average molecular weight is 382 g/mol. The van der Waals surface area contributed by atoms with Crippen LogP contribution in [-0.4, -0.2) is 50.5 Å². The van der Waals surface area contributed by atoms with Gasteiger partial charge in [-0.2, -0.15) is 4.99 Å². The molecule has 7 heteroatoms. The Labute approximate surface area is 159 Å². The van der Waals surface area contributed by atoms with Crippen LogP contribution in [0.25, 0.3) is 0 Å². The second-order valence-electron chi connectivity index (χ2n) is 8.35. The van der Waals surface area contributed by atoms with Crippen molar-refractivity contribution in [2.45, 2.75) is 41.2 Å². The number of morpholine rings is 1. The van der Waals surface area contributed by atoms with Gasteiger partial charge in [0.15, 0.2) is 4.80 Å². The lowest BCUT2D eigenvalue weighted by molar-refractivity contribution is -0.120. The molecule has 6 nitrogen and oxygen atoms in total. The molecular formula is C19H31N3O3S. The van der Waals surface area contributed by atoms with Crippen molar-refractivity contribution in [2.75, 3.05) is 44.9 Å². The lowest BCUT2D eigenvalue weighted by atomic mass is 10.0. The van der Waals surface area contributed by atoms with Crippen molar-refractivity contribution in [1.29, 1.82) is 0 Å². The first-order chi connectivity index (χ1) is 12.2. The summed E-state index contributed by atoms with van der Waals surface area (Å²) in [6.45, 7) is 15.3. The Morgan fingerprint density at radius 1 is 1.27 bits per heavy atom. The summed E-state index contributed by atoms with van der Waals surface area (Å²) >= 11 is 1.61. The molecule has 1 saturated carbocycles. The van der Waals surface area contributed by atoms with E-state index < -0.39 is 0 Å². The van der Waals surface area contributed by atoms with Gasteiger partial charge in [0.1, 0.15) is 5.00 Å². The van der Waals surface area contributed by atoms with E-state index in [1.807, 2.05) is 0 Å². The van der Waals surface area contributed by atoms with Crippen molar-refractivity contribution < 1.29 is 14.3 Å². The molecule has 0 N–H and O–H groups in total. The zero-order valence-corrected chi connectivity index (χ0v) is 17.6. The Bertz CT molecular complexity index is 728. The number of anilines is 1. The zero-order chi connectivity index (χ0) is 19.1. The first kappa shape index (κ1) is 19.6. The fraction of sp³-hybridized carbons (Fsp3) is 0.789. The maximum atomic E-state index is 12.9. The van der Waals surface area contributed by atoms with Crippen LogP contribution in [0.2, 0.25) is 0 Å². The Kier molecular flexibility index (Phi) is 5.34. The molecule has 2 fully saturated rings. The predicted octanol–water partition coefficient (Wildman–Crippen LogP) is 2.45. The van der Waals surface area contributed by atoms with Crippen LogP contribution in [0.5, 0.6) is 0 Å². The van der Waals surface area contributed by atoms with Crippen molar-refractivity contribution in [1.82, 2.24) is 4.57 Å². The van der Waals surface area contributed by atoms with Crippen LogP contribution in [-0.2, 0) is 20.8 Å². The number of nitrogens with zero attached hydrogens (tertiary/aromatic N) is 3. The monoisotopic (exact) mass is 381 g/mol. The number of thiazole rings is 1. The molecule has 3 rings (SSSR count). The van der Waals surface area contributed by atoms with Gasteiger partial charge in [0, 0.05) is 26.7 Å². The molecule has 1 aliphatic carbocycles. The van der Waals surface area contributed by atoms with Gasteiger partial charge in [-0.25, -0.2) is 0 Å². The van der Waals surface area contributed by atoms with Gasteiger partial charge in [-0.3, -0.25) is 4.79 Å². The summed E-state index contributed by atoms with van der Waals surface area (Å²) in [4.78, 5) is 20.6. The summed E-state index contributed by atoms with van der Waals surface area (Å²) in [5, 5.41) is 1.19. The molecule has 0 aromatic carbocycles. The smallest absolute Gasteiger partial charge is 0.252 e. The van der Waals surface area contributed by atoms with Gasteiger partial charge >= 0.3 is 0 Å². The molecule has 1 saturated heterocycles. The second-order valence-corrected chi connectivity index (χ2v) is 9.30. The van der Waals surface area contributed by atoms with Crippen molar-refractivity contribution >= 4 is 22.2 Å². The van der Waals surface area contributed by atoms with Crippen LogP contribution in [0.4, 0.5) is 5.00 Å². The minimum Gasteiger partial charge on any atom is -0.383 e. The molecule has 0 spiro atoms. The molecule has 1 aliphatic heterocycles. The number of aromatic nitrogens is 1. The molecule has 146 valence electrons. The summed E-state index contributed by atoms with van der Waals surface area (Å²) in [6, 6.07) is 0. The lowest BCUT2D eigenvalue weighted by Gasteiger charge is -2.27. The van der Waals surface area contributed by atoms with Crippen molar-refractivity contribution in [3.8, 4) is 0 Å². The van der Waals surface area contributed by atoms with Gasteiger partial charge in [0.2, 0.25) is 0 Å². The van der Waals surface area contributed by atoms with Crippen LogP contribution in [0.1, 0.15) is 33.4 Å². The van der Waals surface area contributed by atoms with Crippen LogP contribution in [0.15, 0.2) is 4.99 Å². The van der Waals surface area contributed by atoms with Gasteiger partial charge in [0.25, 0.3) is 5.91 Å². The Balaban J connectivity index is 1.95. The van der Waals surface area contributed by atoms with E-state index in [4.69, 9.17) is 9.47 Å². The van der Waals surface area contributed by atoms with E-state index in [2.05, 4.69) is 49.1 Å². The molecule has 2 aliphatic rings. The number of amides is 1. The van der Waals surface area contributed by atoms with Gasteiger partial charge in [-0.1, -0.05) is 39.0 Å². The van der Waals surface area contributed by atoms with Crippen LogP contribution < -0.4 is 9.70 Å². The quantitative estimate of drug-likeness (QED) is 0.786. The first-order valence-electron chi connectivity index (χ1n) is 9.32. The maximum absolute atomic E-state index is 12.9. The van der Waals surface area contributed by atoms with E-state index in [9.17, 15) is 4.79 Å². The summed E-state index contributed by atoms with van der Waals surface area (Å²) in [7, 11) is 1.70. The third-order valence-corrected chi connectivity index (χ3v) is 7.67. The Morgan fingerprint density at radius 3 is 2.42 bits per heavy atom. The molecular weight excluding hydrogens is 350 g/mol. The number of ether oxygens (including phenoxy) is 2. The van der Waals surface area contributed by atoms with E-state index in [1.54, 1.807) is 18.4 Å². The first-order valence-corrected chi connectivity index (χ1v) is 10.1. The highest BCUT2D eigenvalue weighted by Gasteiger charge is 2.68. The summed E-state index contributed by atoms with van der Waals surface area (Å²) in [5.74, 6) is -0.0129. The molecule has 0 bridgehead atoms. The normalized spacial score (nSPS) is 22.7. The zero-order valence-electron chi connectivity index (χ0n) is 16.8. The Hall–Kier alpha value is -1.18. The number of hydrogen-bond donors (Lipinski definition) is 0. The van der Waals surface area contributed by atoms with Crippen LogP contribution >= 0.6 is 11.3 Å². The van der Waals surface area contributed by atoms with E-state index in [0.29, 0.717) is 13.2 Å². The number of carbonyl (C=O) groups excluding carboxylic acids is 1. The lowest BCUT2D eigenvalue weighted by Crippen LogP contribution is -2.36. The van der Waals surface area contributed by atoms with Crippen LogP contribution in [0, 0.1) is 23.7 Å². The molecule has 0 unspecified atom stereocenters. The maximum Gasteiger partial charge on any atom is 0.252 e. The molecule has 0 atom stereocenters. The third kappa shape index (κ3) is 3.25. The number of methoxy groups -OCH3 is 1. The fourth-order valence-electron chi connectivity index (χ4n) is 4.04. The van der Waals surface area contributed by atoms with Gasteiger partial charge in [-0.05, 0) is 17.8 Å². The second kappa shape index (κ2) is 7.09. The topological polar surface area (TPSA) is 56.1 Å². The minimum absolute atomic E-state index is 0.000874. The standard InChI is InChI=1S/C19H31N3O3S/c1-13-16(21-7-11-25-12-8-21)26-17(22(13)9-10-24-6)20-15(23)14-18(2,3)19(14,4)5/h14H,7-12H2,1-6H3/b20-17-. The fourth-order valence-corrected chi connectivity index (χ4v) is 5.25. The summed E-state index contributed by atoms with van der Waals surface area (Å²) < 4.78 is 12.9. The highest BCUT2D eigenvalue weighted by molar-refractivity contribution is 7.13.